The van der Waals surface area contributed by atoms with Crippen LogP contribution in [0.25, 0.3) is 0 Å². The van der Waals surface area contributed by atoms with Crippen molar-refractivity contribution < 1.29 is 24.0 Å². The van der Waals surface area contributed by atoms with E-state index in [-0.39, 0.29) is 56.5 Å². The molecule has 0 radical (unpaired) electrons. The summed E-state index contributed by atoms with van der Waals surface area (Å²) < 4.78 is 0. The van der Waals surface area contributed by atoms with E-state index in [2.05, 4.69) is 70.5 Å². The molecular formula is C26H55N15O5S. The van der Waals surface area contributed by atoms with E-state index in [4.69, 9.17) is 22.9 Å². The van der Waals surface area contributed by atoms with Crippen LogP contribution in [0.2, 0.25) is 0 Å². The van der Waals surface area contributed by atoms with E-state index in [9.17, 15) is 24.0 Å². The Morgan fingerprint density at radius 2 is 1.02 bits per heavy atom. The van der Waals surface area contributed by atoms with Gasteiger partial charge in [0.1, 0.15) is 0 Å². The fourth-order valence-electron chi connectivity index (χ4n) is 3.85. The second-order valence-corrected chi connectivity index (χ2v) is 11.1. The van der Waals surface area contributed by atoms with Crippen LogP contribution in [-0.2, 0) is 4.79 Å². The highest BCUT2D eigenvalue weighted by Gasteiger charge is 2.17. The Hall–Kier alpha value is -4.56. The molecule has 17 N–H and O–H groups in total. The maximum atomic E-state index is 12.6. The molecule has 0 aromatic rings. The van der Waals surface area contributed by atoms with Crippen molar-refractivity contribution in [2.45, 2.75) is 70.1 Å². The van der Waals surface area contributed by atoms with Crippen LogP contribution in [0.4, 0.5) is 19.2 Å². The standard InChI is InChI=1S/C26H55N15O5S/c1-16(38-20(42)8-11-47)12-34-25(45)41-19(7-5-10-33-22(29)30)15-37-24(44)39-17(2)13-35-26(46)40-18(14-36-23(43)31-3)6-4-9-32-21(27)28/h16-19,47H,4-15H2,1-3H3,(H,38,42)(H4,27,28,32)(H4,29,30,33)(H2,31,36,43)(H2,34,41,45)(H2,35,40,46)(H2,37,39,44)/t16-,17-,18-,19-/m0/s1. The fourth-order valence-corrected chi connectivity index (χ4v) is 4.06. The van der Waals surface area contributed by atoms with E-state index in [0.717, 1.165) is 0 Å². The number of nitrogens with one attached hydrogen (secondary N) is 9. The molecule has 0 aliphatic carbocycles. The van der Waals surface area contributed by atoms with E-state index in [1.54, 1.807) is 13.8 Å². The van der Waals surface area contributed by atoms with Gasteiger partial charge in [0.05, 0.1) is 0 Å². The third-order valence-corrected chi connectivity index (χ3v) is 6.41. The number of carbonyl (C=O) groups excluding carboxylic acids is 5. The minimum absolute atomic E-state index is 0.0324. The first-order valence-electron chi connectivity index (χ1n) is 15.3. The molecular weight excluding hydrogens is 634 g/mol. The molecule has 47 heavy (non-hydrogen) atoms. The van der Waals surface area contributed by atoms with E-state index in [0.29, 0.717) is 44.5 Å². The van der Waals surface area contributed by atoms with Gasteiger partial charge in [0, 0.05) is 76.9 Å². The van der Waals surface area contributed by atoms with Crippen LogP contribution in [0.1, 0.15) is 46.0 Å². The van der Waals surface area contributed by atoms with E-state index in [1.807, 2.05) is 0 Å². The number of guanidine groups is 2. The Labute approximate surface area is 281 Å². The van der Waals surface area contributed by atoms with Crippen LogP contribution in [-0.4, -0.2) is 118 Å². The fraction of sp³-hybridized carbons (Fsp3) is 0.731. The minimum Gasteiger partial charge on any atom is -0.370 e. The quantitative estimate of drug-likeness (QED) is 0.0236. The molecule has 270 valence electrons. The predicted molar refractivity (Wildman–Crippen MR) is 185 cm³/mol. The second-order valence-electron chi connectivity index (χ2n) is 10.7. The summed E-state index contributed by atoms with van der Waals surface area (Å²) in [6, 6.07) is -3.48. The zero-order valence-corrected chi connectivity index (χ0v) is 28.4. The van der Waals surface area contributed by atoms with Crippen LogP contribution in [0.3, 0.4) is 0 Å². The van der Waals surface area contributed by atoms with Gasteiger partial charge in [0.2, 0.25) is 5.91 Å². The lowest BCUT2D eigenvalue weighted by atomic mass is 10.1. The van der Waals surface area contributed by atoms with Crippen molar-refractivity contribution in [1.82, 2.24) is 47.9 Å². The van der Waals surface area contributed by atoms with Gasteiger partial charge in [-0.15, -0.1) is 0 Å². The topological polar surface area (TPSA) is 322 Å². The molecule has 0 fully saturated rings. The van der Waals surface area contributed by atoms with Crippen LogP contribution >= 0.6 is 12.6 Å². The Balaban J connectivity index is 4.84. The molecule has 0 aromatic carbocycles. The molecule has 0 aromatic heterocycles. The van der Waals surface area contributed by atoms with Crippen LogP contribution in [0.5, 0.6) is 0 Å². The first-order valence-corrected chi connectivity index (χ1v) is 16.0. The lowest BCUT2D eigenvalue weighted by molar-refractivity contribution is -0.121. The van der Waals surface area contributed by atoms with Crippen molar-refractivity contribution in [3.8, 4) is 0 Å². The van der Waals surface area contributed by atoms with Gasteiger partial charge in [-0.2, -0.15) is 12.6 Å². The molecule has 0 aliphatic heterocycles. The number of rotatable bonds is 22. The summed E-state index contributed by atoms with van der Waals surface area (Å²) in [4.78, 5) is 68.8. The van der Waals surface area contributed by atoms with Crippen LogP contribution < -0.4 is 70.8 Å². The van der Waals surface area contributed by atoms with E-state index >= 15 is 0 Å². The SMILES string of the molecule is CNC(=O)NC[C@H](CCCN=C(N)N)NC(=O)NC[C@H](C)NC(=O)NC[C@H](CCCN=C(N)N)NC(=O)NC[C@H](C)NC(=O)CCS. The van der Waals surface area contributed by atoms with Crippen molar-refractivity contribution in [2.75, 3.05) is 52.1 Å². The van der Waals surface area contributed by atoms with Gasteiger partial charge >= 0.3 is 24.1 Å². The van der Waals surface area contributed by atoms with Crippen molar-refractivity contribution in [3.63, 3.8) is 0 Å². The number of urea groups is 4. The number of amides is 9. The zero-order chi connectivity index (χ0) is 35.6. The number of aliphatic imine (C=N–C) groups is 2. The smallest absolute Gasteiger partial charge is 0.315 e. The first kappa shape index (κ1) is 42.4. The highest BCUT2D eigenvalue weighted by atomic mass is 32.1. The third kappa shape index (κ3) is 25.3. The Morgan fingerprint density at radius 1 is 0.617 bits per heavy atom. The number of nitrogens with two attached hydrogens (primary N) is 4. The summed E-state index contributed by atoms with van der Waals surface area (Å²) in [5.41, 5.74) is 21.4. The number of hydrogen-bond acceptors (Lipinski definition) is 8. The van der Waals surface area contributed by atoms with Gasteiger partial charge in [0.25, 0.3) is 0 Å². The van der Waals surface area contributed by atoms with Gasteiger partial charge in [-0.3, -0.25) is 14.8 Å². The molecule has 0 saturated carbocycles. The number of nitrogens with zero attached hydrogens (tertiary/aromatic N) is 2. The van der Waals surface area contributed by atoms with Gasteiger partial charge in [-0.1, -0.05) is 0 Å². The molecule has 0 heterocycles. The number of hydrogen-bond donors (Lipinski definition) is 14. The van der Waals surface area contributed by atoms with E-state index < -0.39 is 42.2 Å². The number of thiol groups is 1. The third-order valence-electron chi connectivity index (χ3n) is 6.19. The normalized spacial score (nSPS) is 12.9. The molecule has 9 amide bonds. The van der Waals surface area contributed by atoms with Gasteiger partial charge < -0.3 is 70.8 Å². The predicted octanol–water partition coefficient (Wildman–Crippen LogP) is -3.13. The van der Waals surface area contributed by atoms with Gasteiger partial charge in [-0.25, -0.2) is 19.2 Å². The monoisotopic (exact) mass is 689 g/mol. The largest absolute Gasteiger partial charge is 0.370 e. The maximum absolute atomic E-state index is 12.6. The molecule has 0 bridgehead atoms. The van der Waals surface area contributed by atoms with Crippen molar-refractivity contribution >= 4 is 54.6 Å². The van der Waals surface area contributed by atoms with E-state index in [1.165, 1.54) is 7.05 Å². The lowest BCUT2D eigenvalue weighted by Crippen LogP contribution is -2.53. The number of carbonyl (C=O) groups is 5. The Morgan fingerprint density at radius 3 is 1.45 bits per heavy atom. The molecule has 21 heteroatoms. The first-order chi connectivity index (χ1) is 22.2. The summed E-state index contributed by atoms with van der Waals surface area (Å²) in [6.45, 7) is 4.74. The summed E-state index contributed by atoms with van der Waals surface area (Å²) in [5.74, 6) is 0.176. The molecule has 4 atom stereocenters. The van der Waals surface area contributed by atoms with Crippen LogP contribution in [0.15, 0.2) is 9.98 Å². The van der Waals surface area contributed by atoms with Crippen LogP contribution in [0, 0.1) is 0 Å². The molecule has 0 saturated heterocycles. The van der Waals surface area contributed by atoms with Gasteiger partial charge in [-0.05, 0) is 45.3 Å². The van der Waals surface area contributed by atoms with Gasteiger partial charge in [0.15, 0.2) is 11.9 Å². The summed E-state index contributed by atoms with van der Waals surface area (Å²) in [5, 5.41) is 24.3. The average Bonchev–Trinajstić information content (AvgIpc) is 3.00. The van der Waals surface area contributed by atoms with Crippen molar-refractivity contribution in [1.29, 1.82) is 0 Å². The average molecular weight is 690 g/mol. The zero-order valence-electron chi connectivity index (χ0n) is 27.5. The minimum atomic E-state index is -0.510. The second kappa shape index (κ2) is 25.6. The Bertz CT molecular complexity index is 1020. The van der Waals surface area contributed by atoms with Crippen molar-refractivity contribution in [2.24, 2.45) is 32.9 Å². The molecule has 0 aliphatic rings. The molecule has 20 nitrogen and oxygen atoms in total. The molecule has 0 unspecified atom stereocenters. The summed E-state index contributed by atoms with van der Waals surface area (Å²) in [7, 11) is 1.48. The maximum Gasteiger partial charge on any atom is 0.315 e. The highest BCUT2D eigenvalue weighted by molar-refractivity contribution is 7.80. The lowest BCUT2D eigenvalue weighted by Gasteiger charge is -2.22. The summed E-state index contributed by atoms with van der Waals surface area (Å²) >= 11 is 4.03. The van der Waals surface area contributed by atoms with Crippen molar-refractivity contribution in [3.05, 3.63) is 0 Å². The molecule has 0 rings (SSSR count). The summed E-state index contributed by atoms with van der Waals surface area (Å²) in [6.07, 6.45) is 2.32. The molecule has 0 spiro atoms. The highest BCUT2D eigenvalue weighted by Crippen LogP contribution is 1.99. The Kier molecular flexibility index (Phi) is 23.1.